The molecule has 1 aliphatic rings. The minimum absolute atomic E-state index is 0.0399. The average molecular weight is 521 g/mol. The molecule has 0 radical (unpaired) electrons. The summed E-state index contributed by atoms with van der Waals surface area (Å²) in [6.45, 7) is 12.5. The number of carbonyl (C=O) groups excluding carboxylic acids is 3. The second-order valence-corrected chi connectivity index (χ2v) is 11.6. The van der Waals surface area contributed by atoms with Gasteiger partial charge in [0, 0.05) is 31.5 Å². The Morgan fingerprint density at radius 3 is 2.45 bits per heavy atom. The van der Waals surface area contributed by atoms with Crippen molar-refractivity contribution >= 4 is 28.5 Å². The molecule has 0 aromatic heterocycles. The Morgan fingerprint density at radius 1 is 1.03 bits per heavy atom. The van der Waals surface area contributed by atoms with Crippen LogP contribution in [0.3, 0.4) is 0 Å². The Labute approximate surface area is 227 Å². The van der Waals surface area contributed by atoms with Crippen LogP contribution < -0.4 is 16.0 Å². The molecule has 1 saturated heterocycles. The molecule has 2 aromatic carbocycles. The molecular formula is C31H44N4O3. The smallest absolute Gasteiger partial charge is 0.243 e. The number of hydrogen-bond donors (Lipinski definition) is 3. The molecule has 1 unspecified atom stereocenters. The van der Waals surface area contributed by atoms with Gasteiger partial charge in [0.2, 0.25) is 17.7 Å². The van der Waals surface area contributed by atoms with Crippen molar-refractivity contribution in [1.82, 2.24) is 20.9 Å². The normalized spacial score (nSPS) is 16.8. The third-order valence-electron chi connectivity index (χ3n) is 6.72. The van der Waals surface area contributed by atoms with Crippen LogP contribution in [0.25, 0.3) is 10.8 Å². The molecule has 1 heterocycles. The second kappa shape index (κ2) is 13.6. The fourth-order valence-electron chi connectivity index (χ4n) is 4.70. The summed E-state index contributed by atoms with van der Waals surface area (Å²) in [5.74, 6) is 0.0337. The van der Waals surface area contributed by atoms with E-state index in [2.05, 4.69) is 35.9 Å². The van der Waals surface area contributed by atoms with Gasteiger partial charge in [0.1, 0.15) is 12.1 Å². The number of likely N-dealkylation sites (tertiary alicyclic amines) is 1. The number of rotatable bonds is 11. The van der Waals surface area contributed by atoms with Gasteiger partial charge in [0.15, 0.2) is 0 Å². The number of hydrogen-bond acceptors (Lipinski definition) is 4. The van der Waals surface area contributed by atoms with Crippen LogP contribution in [0.15, 0.2) is 54.6 Å². The van der Waals surface area contributed by atoms with Crippen LogP contribution >= 0.6 is 0 Å². The molecule has 206 valence electrons. The van der Waals surface area contributed by atoms with E-state index in [4.69, 9.17) is 0 Å². The van der Waals surface area contributed by atoms with Crippen molar-refractivity contribution < 1.29 is 14.4 Å². The van der Waals surface area contributed by atoms with Gasteiger partial charge in [-0.15, -0.1) is 0 Å². The second-order valence-electron chi connectivity index (χ2n) is 11.6. The van der Waals surface area contributed by atoms with Gasteiger partial charge < -0.3 is 20.9 Å². The standard InChI is InChI=1S/C31H44N4O3/c1-22(2)21-32-16-8-9-17-33-28(36)26(20-23-14-15-24-11-6-7-12-25(24)19-23)34-29(37)27-13-10-18-35(27)30(38)31(3,4)5/h6-9,11-12,14-15,19,22,26-27,32H,10,13,16-18,20-21H2,1-5H3,(H,33,36)(H,34,37)/b9-8-/t26-,27?/m1/s1. The molecule has 3 amide bonds. The number of fused-ring (bicyclic) bond motifs is 1. The molecule has 3 N–H and O–H groups in total. The zero-order valence-corrected chi connectivity index (χ0v) is 23.5. The monoisotopic (exact) mass is 520 g/mol. The van der Waals surface area contributed by atoms with Gasteiger partial charge in [-0.25, -0.2) is 0 Å². The van der Waals surface area contributed by atoms with Crippen LogP contribution in [0.1, 0.15) is 53.0 Å². The molecule has 1 aliphatic heterocycles. The van der Waals surface area contributed by atoms with Crippen molar-refractivity contribution in [2.24, 2.45) is 11.3 Å². The first-order valence-electron chi connectivity index (χ1n) is 13.8. The van der Waals surface area contributed by atoms with Crippen molar-refractivity contribution in [3.8, 4) is 0 Å². The summed E-state index contributed by atoms with van der Waals surface area (Å²) in [6.07, 6.45) is 5.65. The van der Waals surface area contributed by atoms with E-state index in [0.717, 1.165) is 35.8 Å². The van der Waals surface area contributed by atoms with E-state index in [0.29, 0.717) is 31.8 Å². The van der Waals surface area contributed by atoms with E-state index in [1.165, 1.54) is 0 Å². The van der Waals surface area contributed by atoms with Crippen molar-refractivity contribution in [2.75, 3.05) is 26.2 Å². The molecule has 1 fully saturated rings. The maximum Gasteiger partial charge on any atom is 0.243 e. The van der Waals surface area contributed by atoms with E-state index >= 15 is 0 Å². The Morgan fingerprint density at radius 2 is 1.74 bits per heavy atom. The van der Waals surface area contributed by atoms with Gasteiger partial charge in [-0.3, -0.25) is 14.4 Å². The maximum absolute atomic E-state index is 13.4. The summed E-state index contributed by atoms with van der Waals surface area (Å²) >= 11 is 0. The molecule has 7 nitrogen and oxygen atoms in total. The minimum Gasteiger partial charge on any atom is -0.351 e. The zero-order chi connectivity index (χ0) is 27.7. The Hall–Kier alpha value is -3.19. The van der Waals surface area contributed by atoms with E-state index in [1.807, 2.05) is 69.3 Å². The lowest BCUT2D eigenvalue weighted by molar-refractivity contribution is -0.145. The lowest BCUT2D eigenvalue weighted by atomic mass is 9.94. The number of nitrogens with zero attached hydrogens (tertiary/aromatic N) is 1. The fraction of sp³-hybridized carbons (Fsp3) is 0.516. The van der Waals surface area contributed by atoms with Gasteiger partial charge in [-0.1, -0.05) is 89.2 Å². The highest BCUT2D eigenvalue weighted by Crippen LogP contribution is 2.26. The average Bonchev–Trinajstić information content (AvgIpc) is 3.36. The van der Waals surface area contributed by atoms with Crippen molar-refractivity contribution in [3.05, 3.63) is 60.2 Å². The summed E-state index contributed by atoms with van der Waals surface area (Å²) in [5, 5.41) is 11.5. The highest BCUT2D eigenvalue weighted by molar-refractivity contribution is 5.93. The first-order chi connectivity index (χ1) is 18.1. The Balaban J connectivity index is 1.70. The fourth-order valence-corrected chi connectivity index (χ4v) is 4.70. The van der Waals surface area contributed by atoms with Gasteiger partial charge in [-0.05, 0) is 41.6 Å². The van der Waals surface area contributed by atoms with E-state index < -0.39 is 17.5 Å². The maximum atomic E-state index is 13.4. The number of nitrogens with one attached hydrogen (secondary N) is 3. The summed E-state index contributed by atoms with van der Waals surface area (Å²) in [4.78, 5) is 41.3. The van der Waals surface area contributed by atoms with Crippen LogP contribution in [0.4, 0.5) is 0 Å². The van der Waals surface area contributed by atoms with E-state index in [9.17, 15) is 14.4 Å². The molecule has 0 aliphatic carbocycles. The van der Waals surface area contributed by atoms with Crippen molar-refractivity contribution in [2.45, 2.75) is 66.0 Å². The highest BCUT2D eigenvalue weighted by atomic mass is 16.2. The number of carbonyl (C=O) groups is 3. The molecule has 0 saturated carbocycles. The predicted molar refractivity (Wildman–Crippen MR) is 154 cm³/mol. The lowest BCUT2D eigenvalue weighted by Crippen LogP contribution is -2.55. The summed E-state index contributed by atoms with van der Waals surface area (Å²) < 4.78 is 0. The minimum atomic E-state index is -0.747. The topological polar surface area (TPSA) is 90.5 Å². The molecule has 38 heavy (non-hydrogen) atoms. The van der Waals surface area contributed by atoms with Crippen molar-refractivity contribution in [1.29, 1.82) is 0 Å². The molecule has 2 atom stereocenters. The summed E-state index contributed by atoms with van der Waals surface area (Å²) in [5.41, 5.74) is 0.396. The van der Waals surface area contributed by atoms with Gasteiger partial charge in [-0.2, -0.15) is 0 Å². The van der Waals surface area contributed by atoms with Crippen LogP contribution in [-0.2, 0) is 20.8 Å². The van der Waals surface area contributed by atoms with Crippen LogP contribution in [0.5, 0.6) is 0 Å². The largest absolute Gasteiger partial charge is 0.351 e. The molecule has 2 aromatic rings. The molecule has 3 rings (SSSR count). The number of benzene rings is 2. The van der Waals surface area contributed by atoms with Gasteiger partial charge in [0.05, 0.1) is 0 Å². The van der Waals surface area contributed by atoms with Crippen LogP contribution in [0.2, 0.25) is 0 Å². The van der Waals surface area contributed by atoms with Crippen molar-refractivity contribution in [3.63, 3.8) is 0 Å². The van der Waals surface area contributed by atoms with Gasteiger partial charge in [0.25, 0.3) is 0 Å². The lowest BCUT2D eigenvalue weighted by Gasteiger charge is -2.31. The highest BCUT2D eigenvalue weighted by Gasteiger charge is 2.39. The van der Waals surface area contributed by atoms with E-state index in [1.54, 1.807) is 4.90 Å². The summed E-state index contributed by atoms with van der Waals surface area (Å²) in [7, 11) is 0. The third-order valence-corrected chi connectivity index (χ3v) is 6.72. The van der Waals surface area contributed by atoms with E-state index in [-0.39, 0.29) is 17.7 Å². The quantitative estimate of drug-likeness (QED) is 0.310. The Kier molecular flexibility index (Phi) is 10.5. The Bertz CT molecular complexity index is 1140. The molecular weight excluding hydrogens is 476 g/mol. The van der Waals surface area contributed by atoms with Gasteiger partial charge >= 0.3 is 0 Å². The SMILES string of the molecule is CC(C)CNC/C=C\CNC(=O)[C@@H](Cc1ccc2ccccc2c1)NC(=O)C1CCCN1C(=O)C(C)(C)C. The molecule has 0 spiro atoms. The predicted octanol–water partition coefficient (Wildman–Crippen LogP) is 3.82. The van der Waals surface area contributed by atoms with Crippen LogP contribution in [-0.4, -0.2) is 60.9 Å². The first kappa shape index (κ1) is 29.4. The van der Waals surface area contributed by atoms with Crippen LogP contribution in [0, 0.1) is 11.3 Å². The first-order valence-corrected chi connectivity index (χ1v) is 13.8. The summed E-state index contributed by atoms with van der Waals surface area (Å²) in [6, 6.07) is 12.9. The molecule has 0 bridgehead atoms. The zero-order valence-electron chi connectivity index (χ0n) is 23.5. The molecule has 7 heteroatoms. The third kappa shape index (κ3) is 8.42. The number of amides is 3.